The van der Waals surface area contributed by atoms with Crippen LogP contribution in [-0.4, -0.2) is 33.8 Å². The van der Waals surface area contributed by atoms with Crippen molar-refractivity contribution in [1.29, 1.82) is 0 Å². The van der Waals surface area contributed by atoms with Crippen LogP contribution in [0.15, 0.2) is 18.2 Å². The molecule has 0 unspecified atom stereocenters. The molecule has 9 heteroatoms. The van der Waals surface area contributed by atoms with E-state index in [4.69, 9.17) is 17.0 Å². The third-order valence-electron chi connectivity index (χ3n) is 3.11. The molecule has 2 amide bonds. The van der Waals surface area contributed by atoms with Gasteiger partial charge in [0.1, 0.15) is 11.6 Å². The maximum absolute atomic E-state index is 12.4. The number of nitrogens with zero attached hydrogens (tertiary/aromatic N) is 2. The molecule has 2 aromatic rings. The van der Waals surface area contributed by atoms with Gasteiger partial charge in [-0.25, -0.2) is 4.68 Å². The lowest BCUT2D eigenvalue weighted by Gasteiger charge is -2.12. The number of hydrogen-bond acceptors (Lipinski definition) is 5. The number of nitrogens with one attached hydrogen (secondary N) is 3. The number of amides is 2. The maximum atomic E-state index is 12.4. The summed E-state index contributed by atoms with van der Waals surface area (Å²) < 4.78 is 6.83. The molecule has 0 saturated heterocycles. The molecule has 23 heavy (non-hydrogen) atoms. The predicted octanol–water partition coefficient (Wildman–Crippen LogP) is 1.99. The van der Waals surface area contributed by atoms with Crippen molar-refractivity contribution in [2.45, 2.75) is 20.3 Å². The Kier molecular flexibility index (Phi) is 5.12. The lowest BCUT2D eigenvalue weighted by molar-refractivity contribution is -0.115. The molecule has 0 aliphatic carbocycles. The number of aromatic amines is 1. The number of carbonyl (C=O) groups excluding carboxylic acids is 2. The van der Waals surface area contributed by atoms with E-state index < -0.39 is 0 Å². The summed E-state index contributed by atoms with van der Waals surface area (Å²) >= 11 is 5.03. The molecule has 0 spiro atoms. The van der Waals surface area contributed by atoms with Crippen LogP contribution in [0.5, 0.6) is 5.75 Å². The summed E-state index contributed by atoms with van der Waals surface area (Å²) in [5, 5.41) is 9.19. The van der Waals surface area contributed by atoms with Crippen LogP contribution in [0.3, 0.4) is 0 Å². The van der Waals surface area contributed by atoms with E-state index in [1.807, 2.05) is 0 Å². The standard InChI is InChI=1S/C14H17N5O3S/c1-4-12(20)15-10-7-9(5-6-11(10)22-3)13(21)18-19-8(2)16-17-14(19)23/h5-7H,4H2,1-3H3,(H,15,20)(H,17,23)(H,18,21). The van der Waals surface area contributed by atoms with Gasteiger partial charge in [0.25, 0.3) is 5.91 Å². The highest BCUT2D eigenvalue weighted by molar-refractivity contribution is 7.71. The molecule has 2 rings (SSSR count). The van der Waals surface area contributed by atoms with Crippen molar-refractivity contribution in [3.8, 4) is 5.75 Å². The highest BCUT2D eigenvalue weighted by Crippen LogP contribution is 2.25. The second-order valence-electron chi connectivity index (χ2n) is 4.67. The minimum absolute atomic E-state index is 0.172. The summed E-state index contributed by atoms with van der Waals surface area (Å²) in [5.41, 5.74) is 3.41. The molecule has 8 nitrogen and oxygen atoms in total. The fourth-order valence-electron chi connectivity index (χ4n) is 1.86. The molecule has 1 aromatic carbocycles. The van der Waals surface area contributed by atoms with Gasteiger partial charge < -0.3 is 10.1 Å². The molecule has 0 atom stereocenters. The lowest BCUT2D eigenvalue weighted by atomic mass is 10.1. The highest BCUT2D eigenvalue weighted by atomic mass is 32.1. The first kappa shape index (κ1) is 16.7. The summed E-state index contributed by atoms with van der Waals surface area (Å²) in [4.78, 5) is 23.9. The molecular weight excluding hydrogens is 318 g/mol. The van der Waals surface area contributed by atoms with Crippen LogP contribution in [-0.2, 0) is 4.79 Å². The smallest absolute Gasteiger partial charge is 0.270 e. The first-order chi connectivity index (χ1) is 11.0. The van der Waals surface area contributed by atoms with Crippen LogP contribution in [0.4, 0.5) is 5.69 Å². The molecule has 1 aromatic heterocycles. The third-order valence-corrected chi connectivity index (χ3v) is 3.38. The number of aryl methyl sites for hydroxylation is 1. The number of ether oxygens (including phenoxy) is 1. The van der Waals surface area contributed by atoms with Gasteiger partial charge >= 0.3 is 0 Å². The van der Waals surface area contributed by atoms with Crippen molar-refractivity contribution in [2.24, 2.45) is 0 Å². The van der Waals surface area contributed by atoms with E-state index in [-0.39, 0.29) is 16.6 Å². The minimum Gasteiger partial charge on any atom is -0.495 e. The zero-order valence-corrected chi connectivity index (χ0v) is 13.8. The topological polar surface area (TPSA) is 101 Å². The summed E-state index contributed by atoms with van der Waals surface area (Å²) in [6.07, 6.45) is 0.322. The third kappa shape index (κ3) is 3.75. The van der Waals surface area contributed by atoms with Gasteiger partial charge in [-0.1, -0.05) is 6.92 Å². The fourth-order valence-corrected chi connectivity index (χ4v) is 2.08. The molecule has 0 fully saturated rings. The van der Waals surface area contributed by atoms with Gasteiger partial charge in [-0.2, -0.15) is 5.10 Å². The zero-order valence-electron chi connectivity index (χ0n) is 13.0. The normalized spacial score (nSPS) is 10.2. The van der Waals surface area contributed by atoms with Crippen LogP contribution in [0, 0.1) is 11.7 Å². The van der Waals surface area contributed by atoms with Crippen molar-refractivity contribution in [1.82, 2.24) is 14.9 Å². The van der Waals surface area contributed by atoms with E-state index in [0.29, 0.717) is 29.2 Å². The summed E-state index contributed by atoms with van der Waals surface area (Å²) in [6, 6.07) is 4.75. The monoisotopic (exact) mass is 335 g/mol. The van der Waals surface area contributed by atoms with E-state index in [0.717, 1.165) is 0 Å². The van der Waals surface area contributed by atoms with Crippen molar-refractivity contribution >= 4 is 29.7 Å². The molecule has 0 bridgehead atoms. The van der Waals surface area contributed by atoms with Crippen LogP contribution in [0.25, 0.3) is 0 Å². The van der Waals surface area contributed by atoms with Crippen LogP contribution in [0.1, 0.15) is 29.5 Å². The number of aromatic nitrogens is 3. The Bertz CT molecular complexity index is 796. The van der Waals surface area contributed by atoms with Gasteiger partial charge in [0.05, 0.1) is 12.8 Å². The van der Waals surface area contributed by atoms with Gasteiger partial charge in [-0.15, -0.1) is 0 Å². The Hall–Kier alpha value is -2.68. The van der Waals surface area contributed by atoms with E-state index in [2.05, 4.69) is 20.9 Å². The number of H-pyrrole nitrogens is 1. The summed E-state index contributed by atoms with van der Waals surface area (Å²) in [7, 11) is 1.49. The van der Waals surface area contributed by atoms with E-state index >= 15 is 0 Å². The number of rotatable bonds is 5. The van der Waals surface area contributed by atoms with Crippen LogP contribution >= 0.6 is 12.2 Å². The number of hydrogen-bond donors (Lipinski definition) is 3. The Labute approximate surface area is 137 Å². The number of benzene rings is 1. The average Bonchev–Trinajstić information content (AvgIpc) is 2.86. The number of methoxy groups -OCH3 is 1. The maximum Gasteiger partial charge on any atom is 0.270 e. The van der Waals surface area contributed by atoms with Crippen LogP contribution < -0.4 is 15.5 Å². The molecule has 0 saturated carbocycles. The van der Waals surface area contributed by atoms with E-state index in [9.17, 15) is 9.59 Å². The SMILES string of the molecule is CCC(=O)Nc1cc(C(=O)Nn2c(C)n[nH]c2=S)ccc1OC. The summed E-state index contributed by atoms with van der Waals surface area (Å²) in [5.74, 6) is 0.435. The number of carbonyl (C=O) groups is 2. The Morgan fingerprint density at radius 2 is 2.17 bits per heavy atom. The first-order valence-electron chi connectivity index (χ1n) is 6.89. The molecule has 3 N–H and O–H groups in total. The van der Waals surface area contributed by atoms with Crippen molar-refractivity contribution in [2.75, 3.05) is 17.9 Å². The molecule has 122 valence electrons. The van der Waals surface area contributed by atoms with Crippen molar-refractivity contribution in [3.05, 3.63) is 34.4 Å². The van der Waals surface area contributed by atoms with E-state index in [1.54, 1.807) is 32.0 Å². The second kappa shape index (κ2) is 7.05. The Morgan fingerprint density at radius 1 is 1.43 bits per heavy atom. The minimum atomic E-state index is -0.389. The molecular formula is C14H17N5O3S. The predicted molar refractivity (Wildman–Crippen MR) is 87.8 cm³/mol. The highest BCUT2D eigenvalue weighted by Gasteiger charge is 2.13. The zero-order chi connectivity index (χ0) is 17.0. The summed E-state index contributed by atoms with van der Waals surface area (Å²) in [6.45, 7) is 3.44. The van der Waals surface area contributed by atoms with Gasteiger partial charge in [0, 0.05) is 12.0 Å². The molecule has 0 aliphatic heterocycles. The Balaban J connectivity index is 2.28. The fraction of sp³-hybridized carbons (Fsp3) is 0.286. The van der Waals surface area contributed by atoms with E-state index in [1.165, 1.54) is 11.8 Å². The Morgan fingerprint density at radius 3 is 2.74 bits per heavy atom. The first-order valence-corrected chi connectivity index (χ1v) is 7.30. The second-order valence-corrected chi connectivity index (χ2v) is 5.06. The van der Waals surface area contributed by atoms with Gasteiger partial charge in [0.15, 0.2) is 0 Å². The average molecular weight is 335 g/mol. The van der Waals surface area contributed by atoms with Crippen molar-refractivity contribution in [3.63, 3.8) is 0 Å². The lowest BCUT2D eigenvalue weighted by Crippen LogP contribution is -2.24. The van der Waals surface area contributed by atoms with Crippen molar-refractivity contribution < 1.29 is 14.3 Å². The molecule has 0 aliphatic rings. The van der Waals surface area contributed by atoms with Gasteiger partial charge in [0.2, 0.25) is 10.7 Å². The number of anilines is 1. The van der Waals surface area contributed by atoms with Gasteiger partial charge in [-0.05, 0) is 37.3 Å². The van der Waals surface area contributed by atoms with Crippen LogP contribution in [0.2, 0.25) is 0 Å². The molecule has 0 radical (unpaired) electrons. The quantitative estimate of drug-likeness (QED) is 0.726. The van der Waals surface area contributed by atoms with Gasteiger partial charge in [-0.3, -0.25) is 20.1 Å². The molecule has 1 heterocycles. The largest absolute Gasteiger partial charge is 0.495 e.